The van der Waals surface area contributed by atoms with Crippen LogP contribution in [0.3, 0.4) is 0 Å². The predicted octanol–water partition coefficient (Wildman–Crippen LogP) is 1.92. The van der Waals surface area contributed by atoms with Crippen LogP contribution in [-0.2, 0) is 0 Å². The van der Waals surface area contributed by atoms with Gasteiger partial charge in [0.05, 0.1) is 12.8 Å². The summed E-state index contributed by atoms with van der Waals surface area (Å²) in [5, 5.41) is 0. The second kappa shape index (κ2) is 5.79. The number of hydrogen-bond donors (Lipinski definition) is 0. The van der Waals surface area contributed by atoms with Crippen molar-refractivity contribution in [2.24, 2.45) is 5.92 Å². The molecule has 1 aromatic heterocycles. The molecule has 0 aliphatic rings. The molecule has 1 rings (SSSR count). The Bertz CT molecular complexity index is 312. The molecule has 0 amide bonds. The Kier molecular flexibility index (Phi) is 4.66. The molecule has 0 aliphatic carbocycles. The molecule has 15 heavy (non-hydrogen) atoms. The Morgan fingerprint density at radius 1 is 1.47 bits per heavy atom. The average molecular weight is 205 g/mol. The third-order valence-electron chi connectivity index (χ3n) is 2.46. The summed E-state index contributed by atoms with van der Waals surface area (Å²) in [5.41, 5.74) is 2.38. The van der Waals surface area contributed by atoms with Crippen LogP contribution in [0.2, 0.25) is 6.82 Å². The van der Waals surface area contributed by atoms with E-state index in [4.69, 9.17) is 4.74 Å². The molecule has 0 atom stereocenters. The summed E-state index contributed by atoms with van der Waals surface area (Å²) in [7, 11) is 0.984. The van der Waals surface area contributed by atoms with Crippen molar-refractivity contribution in [1.82, 2.24) is 4.98 Å². The Morgan fingerprint density at radius 3 is 2.73 bits per heavy atom. The van der Waals surface area contributed by atoms with Crippen LogP contribution < -0.4 is 10.3 Å². The molecule has 0 saturated carbocycles. The minimum atomic E-state index is 0.689. The molecule has 82 valence electrons. The molecule has 0 saturated heterocycles. The molecule has 1 aromatic rings. The molecule has 0 bridgehead atoms. The fourth-order valence-corrected chi connectivity index (χ4v) is 1.44. The summed E-state index contributed by atoms with van der Waals surface area (Å²) in [6.07, 6.45) is 2.92. The van der Waals surface area contributed by atoms with E-state index in [1.165, 1.54) is 5.56 Å². The summed E-state index contributed by atoms with van der Waals surface area (Å²) < 4.78 is 5.63. The Labute approximate surface area is 93.3 Å². The van der Waals surface area contributed by atoms with Gasteiger partial charge in [-0.1, -0.05) is 20.7 Å². The van der Waals surface area contributed by atoms with Crippen molar-refractivity contribution in [2.75, 3.05) is 6.61 Å². The van der Waals surface area contributed by atoms with E-state index in [1.807, 2.05) is 6.20 Å². The van der Waals surface area contributed by atoms with Crippen molar-refractivity contribution >= 4 is 12.9 Å². The van der Waals surface area contributed by atoms with Crippen molar-refractivity contribution in [3.8, 4) is 5.75 Å². The van der Waals surface area contributed by atoms with E-state index < -0.39 is 0 Å². The first-order valence-electron chi connectivity index (χ1n) is 5.71. The number of nitrogens with zero attached hydrogens (tertiary/aromatic N) is 1. The predicted molar refractivity (Wildman–Crippen MR) is 66.6 cm³/mol. The van der Waals surface area contributed by atoms with Gasteiger partial charge in [0.25, 0.3) is 0 Å². The van der Waals surface area contributed by atoms with Crippen molar-refractivity contribution in [1.29, 1.82) is 0 Å². The van der Waals surface area contributed by atoms with Gasteiger partial charge in [0, 0.05) is 5.59 Å². The highest BCUT2D eigenvalue weighted by molar-refractivity contribution is 6.51. The maximum atomic E-state index is 5.63. The fourth-order valence-electron chi connectivity index (χ4n) is 1.44. The number of pyridine rings is 1. The van der Waals surface area contributed by atoms with Crippen LogP contribution in [0.1, 0.15) is 25.8 Å². The van der Waals surface area contributed by atoms with Gasteiger partial charge in [-0.25, -0.2) is 0 Å². The first-order chi connectivity index (χ1) is 7.13. The van der Waals surface area contributed by atoms with Crippen LogP contribution in [0.25, 0.3) is 0 Å². The van der Waals surface area contributed by atoms with E-state index >= 15 is 0 Å². The zero-order valence-corrected chi connectivity index (χ0v) is 10.2. The summed E-state index contributed by atoms with van der Waals surface area (Å²) in [4.78, 5) is 4.37. The Hall–Kier alpha value is -0.985. The SMILES string of the molecule is CBc1ncc(OCCC(C)C)cc1C. The van der Waals surface area contributed by atoms with Crippen LogP contribution in [-0.4, -0.2) is 18.9 Å². The maximum absolute atomic E-state index is 5.63. The van der Waals surface area contributed by atoms with Crippen molar-refractivity contribution in [3.63, 3.8) is 0 Å². The molecule has 0 N–H and O–H groups in total. The molecule has 0 aliphatic heterocycles. The second-order valence-corrected chi connectivity index (χ2v) is 4.32. The van der Waals surface area contributed by atoms with Crippen molar-refractivity contribution in [2.45, 2.75) is 34.0 Å². The largest absolute Gasteiger partial charge is 0.492 e. The van der Waals surface area contributed by atoms with E-state index in [2.05, 4.69) is 38.6 Å². The van der Waals surface area contributed by atoms with E-state index in [1.54, 1.807) is 0 Å². The maximum Gasteiger partial charge on any atom is 0.179 e. The van der Waals surface area contributed by atoms with Gasteiger partial charge in [-0.3, -0.25) is 4.98 Å². The van der Waals surface area contributed by atoms with Crippen LogP contribution in [0, 0.1) is 12.8 Å². The molecule has 3 heteroatoms. The molecule has 0 aromatic carbocycles. The molecular formula is C12H20BNO. The monoisotopic (exact) mass is 205 g/mol. The molecule has 1 heterocycles. The van der Waals surface area contributed by atoms with Crippen LogP contribution >= 0.6 is 0 Å². The van der Waals surface area contributed by atoms with Gasteiger partial charge in [0.2, 0.25) is 0 Å². The lowest BCUT2D eigenvalue weighted by atomic mass is 9.75. The number of ether oxygens (including phenoxy) is 1. The number of rotatable bonds is 5. The normalized spacial score (nSPS) is 10.5. The smallest absolute Gasteiger partial charge is 0.179 e. The van der Waals surface area contributed by atoms with Crippen LogP contribution in [0.5, 0.6) is 5.75 Å². The number of aromatic nitrogens is 1. The highest BCUT2D eigenvalue weighted by Gasteiger charge is 2.01. The highest BCUT2D eigenvalue weighted by atomic mass is 16.5. The minimum Gasteiger partial charge on any atom is -0.492 e. The fraction of sp³-hybridized carbons (Fsp3) is 0.583. The summed E-state index contributed by atoms with van der Waals surface area (Å²) in [5.74, 6) is 1.58. The van der Waals surface area contributed by atoms with Gasteiger partial charge >= 0.3 is 0 Å². The van der Waals surface area contributed by atoms with Gasteiger partial charge in [0.1, 0.15) is 5.75 Å². The zero-order chi connectivity index (χ0) is 11.3. The van der Waals surface area contributed by atoms with Gasteiger partial charge < -0.3 is 4.74 Å². The summed E-state index contributed by atoms with van der Waals surface area (Å²) in [6, 6.07) is 2.08. The van der Waals surface area contributed by atoms with Crippen LogP contribution in [0.4, 0.5) is 0 Å². The van der Waals surface area contributed by atoms with E-state index in [0.717, 1.165) is 31.7 Å². The standard InChI is InChI=1S/C12H20BNO/c1-9(2)5-6-15-11-7-10(3)12(13-4)14-8-11/h7-9,13H,5-6H2,1-4H3. The molecule has 0 fully saturated rings. The Balaban J connectivity index is 2.52. The third kappa shape index (κ3) is 3.94. The number of aryl methyl sites for hydroxylation is 1. The Morgan fingerprint density at radius 2 is 2.20 bits per heavy atom. The van der Waals surface area contributed by atoms with Crippen molar-refractivity contribution < 1.29 is 4.74 Å². The van der Waals surface area contributed by atoms with Crippen LogP contribution in [0.15, 0.2) is 12.3 Å². The third-order valence-corrected chi connectivity index (χ3v) is 2.46. The van der Waals surface area contributed by atoms with E-state index in [0.29, 0.717) is 5.92 Å². The first kappa shape index (κ1) is 12.1. The van der Waals surface area contributed by atoms with E-state index in [9.17, 15) is 0 Å². The summed E-state index contributed by atoms with van der Waals surface area (Å²) >= 11 is 0. The first-order valence-corrected chi connectivity index (χ1v) is 5.71. The molecular weight excluding hydrogens is 185 g/mol. The average Bonchev–Trinajstić information content (AvgIpc) is 2.17. The minimum absolute atomic E-state index is 0.689. The quantitative estimate of drug-likeness (QED) is 0.685. The highest BCUT2D eigenvalue weighted by Crippen LogP contribution is 2.10. The molecule has 0 unspecified atom stereocenters. The zero-order valence-electron chi connectivity index (χ0n) is 10.2. The summed E-state index contributed by atoms with van der Waals surface area (Å²) in [6.45, 7) is 9.39. The molecule has 2 nitrogen and oxygen atoms in total. The number of hydrogen-bond acceptors (Lipinski definition) is 2. The van der Waals surface area contributed by atoms with E-state index in [-0.39, 0.29) is 0 Å². The second-order valence-electron chi connectivity index (χ2n) is 4.32. The lowest BCUT2D eigenvalue weighted by molar-refractivity contribution is 0.288. The molecule has 0 radical (unpaired) electrons. The lowest BCUT2D eigenvalue weighted by Gasteiger charge is -2.09. The van der Waals surface area contributed by atoms with Gasteiger partial charge in [0.15, 0.2) is 7.28 Å². The van der Waals surface area contributed by atoms with Crippen molar-refractivity contribution in [3.05, 3.63) is 17.8 Å². The van der Waals surface area contributed by atoms with Gasteiger partial charge in [-0.2, -0.15) is 0 Å². The topological polar surface area (TPSA) is 22.1 Å². The van der Waals surface area contributed by atoms with Gasteiger partial charge in [-0.05, 0) is 30.9 Å². The molecule has 0 spiro atoms. The lowest BCUT2D eigenvalue weighted by Crippen LogP contribution is -2.18. The van der Waals surface area contributed by atoms with Gasteiger partial charge in [-0.15, -0.1) is 0 Å².